The lowest BCUT2D eigenvalue weighted by molar-refractivity contribution is 0.0966. The predicted molar refractivity (Wildman–Crippen MR) is 84.7 cm³/mol. The van der Waals surface area contributed by atoms with Crippen molar-refractivity contribution in [3.63, 3.8) is 0 Å². The number of fused-ring (bicyclic) bond motifs is 1. The van der Waals surface area contributed by atoms with Gasteiger partial charge in [0.1, 0.15) is 5.75 Å². The van der Waals surface area contributed by atoms with Crippen LogP contribution in [-0.2, 0) is 0 Å². The fourth-order valence-electron chi connectivity index (χ4n) is 2.67. The number of halogens is 2. The summed E-state index contributed by atoms with van der Waals surface area (Å²) in [6.07, 6.45) is 1.25. The summed E-state index contributed by atoms with van der Waals surface area (Å²) in [5.74, 6) is 1.06. The molecule has 1 aliphatic rings. The Bertz CT molecular complexity index is 682. The highest BCUT2D eigenvalue weighted by Gasteiger charge is 2.24. The number of ether oxygens (including phenoxy) is 1. The molecule has 1 atom stereocenters. The van der Waals surface area contributed by atoms with Crippen molar-refractivity contribution in [3.8, 4) is 5.75 Å². The fourth-order valence-corrected chi connectivity index (χ4v) is 3.07. The molecule has 2 aromatic rings. The number of carbonyl (C=O) groups excluding carboxylic acids is 1. The quantitative estimate of drug-likeness (QED) is 0.732. The highest BCUT2D eigenvalue weighted by Crippen LogP contribution is 2.36. The van der Waals surface area contributed by atoms with Crippen molar-refractivity contribution in [2.24, 2.45) is 0 Å². The van der Waals surface area contributed by atoms with Gasteiger partial charge in [0.25, 0.3) is 0 Å². The fraction of sp³-hybridized carbons (Fsp3) is 0.235. The molecule has 2 aromatic carbocycles. The van der Waals surface area contributed by atoms with Crippen LogP contribution in [0.2, 0.25) is 10.0 Å². The monoisotopic (exact) mass is 320 g/mol. The van der Waals surface area contributed by atoms with Crippen LogP contribution in [0.15, 0.2) is 42.5 Å². The van der Waals surface area contributed by atoms with Crippen LogP contribution in [0.5, 0.6) is 5.75 Å². The number of hydrogen-bond donors (Lipinski definition) is 0. The van der Waals surface area contributed by atoms with E-state index in [1.54, 1.807) is 18.2 Å². The first kappa shape index (κ1) is 14.4. The molecule has 21 heavy (non-hydrogen) atoms. The molecular weight excluding hydrogens is 307 g/mol. The smallest absolute Gasteiger partial charge is 0.165 e. The van der Waals surface area contributed by atoms with Crippen LogP contribution < -0.4 is 4.74 Å². The van der Waals surface area contributed by atoms with Gasteiger partial charge in [0.2, 0.25) is 0 Å². The van der Waals surface area contributed by atoms with E-state index in [9.17, 15) is 4.79 Å². The Morgan fingerprint density at radius 3 is 2.86 bits per heavy atom. The summed E-state index contributed by atoms with van der Waals surface area (Å²) in [6, 6.07) is 12.9. The molecule has 0 amide bonds. The third kappa shape index (κ3) is 3.07. The van der Waals surface area contributed by atoms with Gasteiger partial charge in [0.05, 0.1) is 11.6 Å². The van der Waals surface area contributed by atoms with Crippen LogP contribution in [-0.4, -0.2) is 12.4 Å². The number of hydrogen-bond acceptors (Lipinski definition) is 2. The summed E-state index contributed by atoms with van der Waals surface area (Å²) in [7, 11) is 0. The van der Waals surface area contributed by atoms with Crippen LogP contribution in [0.25, 0.3) is 0 Å². The van der Waals surface area contributed by atoms with E-state index in [2.05, 4.69) is 0 Å². The Hall–Kier alpha value is -1.51. The molecule has 1 unspecified atom stereocenters. The summed E-state index contributed by atoms with van der Waals surface area (Å²) >= 11 is 12.1. The maximum absolute atomic E-state index is 12.5. The summed E-state index contributed by atoms with van der Waals surface area (Å²) in [4.78, 5) is 12.5. The second kappa shape index (κ2) is 6.08. The average molecular weight is 321 g/mol. The highest BCUT2D eigenvalue weighted by molar-refractivity contribution is 6.35. The van der Waals surface area contributed by atoms with E-state index < -0.39 is 0 Å². The van der Waals surface area contributed by atoms with E-state index >= 15 is 0 Å². The zero-order chi connectivity index (χ0) is 14.8. The van der Waals surface area contributed by atoms with E-state index in [0.717, 1.165) is 17.7 Å². The van der Waals surface area contributed by atoms with Crippen molar-refractivity contribution in [2.75, 3.05) is 6.61 Å². The number of ketones is 1. The molecule has 0 saturated heterocycles. The van der Waals surface area contributed by atoms with E-state index in [0.29, 0.717) is 28.6 Å². The van der Waals surface area contributed by atoms with Gasteiger partial charge in [-0.25, -0.2) is 0 Å². The maximum atomic E-state index is 12.5. The van der Waals surface area contributed by atoms with E-state index in [1.165, 1.54) is 0 Å². The first-order chi connectivity index (χ1) is 10.1. The number of para-hydroxylation sites is 1. The minimum atomic E-state index is 0.0178. The number of carbonyl (C=O) groups is 1. The molecule has 1 heterocycles. The lowest BCUT2D eigenvalue weighted by atomic mass is 9.87. The zero-order valence-electron chi connectivity index (χ0n) is 11.3. The molecule has 4 heteroatoms. The molecule has 2 nitrogen and oxygen atoms in total. The molecule has 108 valence electrons. The van der Waals surface area contributed by atoms with Gasteiger partial charge in [-0.15, -0.1) is 0 Å². The number of rotatable bonds is 3. The lowest BCUT2D eigenvalue weighted by Gasteiger charge is -2.25. The third-order valence-corrected chi connectivity index (χ3v) is 4.31. The van der Waals surface area contributed by atoms with Gasteiger partial charge < -0.3 is 4.74 Å². The van der Waals surface area contributed by atoms with Crippen LogP contribution in [0.1, 0.15) is 34.7 Å². The van der Waals surface area contributed by atoms with Gasteiger partial charge in [-0.2, -0.15) is 0 Å². The Morgan fingerprint density at radius 2 is 2.00 bits per heavy atom. The summed E-state index contributed by atoms with van der Waals surface area (Å²) < 4.78 is 5.63. The van der Waals surface area contributed by atoms with Gasteiger partial charge in [0, 0.05) is 17.0 Å². The predicted octanol–water partition coefficient (Wildman–Crippen LogP) is 5.13. The molecule has 0 N–H and O–H groups in total. The third-order valence-electron chi connectivity index (χ3n) is 3.74. The van der Waals surface area contributed by atoms with Crippen molar-refractivity contribution in [2.45, 2.75) is 18.8 Å². The van der Waals surface area contributed by atoms with E-state index in [-0.39, 0.29) is 11.7 Å². The summed E-state index contributed by atoms with van der Waals surface area (Å²) in [5, 5.41) is 0.972. The summed E-state index contributed by atoms with van der Waals surface area (Å²) in [6.45, 7) is 0.637. The van der Waals surface area contributed by atoms with Gasteiger partial charge in [0.15, 0.2) is 5.78 Å². The number of benzene rings is 2. The van der Waals surface area contributed by atoms with E-state index in [1.807, 2.05) is 24.3 Å². The normalized spacial score (nSPS) is 17.0. The average Bonchev–Trinajstić information content (AvgIpc) is 2.50. The van der Waals surface area contributed by atoms with Gasteiger partial charge >= 0.3 is 0 Å². The molecular formula is C17H14Cl2O2. The van der Waals surface area contributed by atoms with Gasteiger partial charge in [-0.05, 0) is 42.2 Å². The Morgan fingerprint density at radius 1 is 1.19 bits per heavy atom. The molecule has 1 aliphatic heterocycles. The molecule has 0 fully saturated rings. The second-order valence-electron chi connectivity index (χ2n) is 5.12. The molecule has 0 radical (unpaired) electrons. The largest absolute Gasteiger partial charge is 0.493 e. The van der Waals surface area contributed by atoms with Crippen LogP contribution >= 0.6 is 23.2 Å². The van der Waals surface area contributed by atoms with Gasteiger partial charge in [-0.1, -0.05) is 41.4 Å². The highest BCUT2D eigenvalue weighted by atomic mass is 35.5. The second-order valence-corrected chi connectivity index (χ2v) is 5.97. The standard InChI is InChI=1S/C17H14Cl2O2/c18-12-5-6-15(19)14(10-12)16(20)9-11-7-8-21-17-4-2-1-3-13(11)17/h1-6,10-11H,7-9H2. The molecule has 0 spiro atoms. The Kier molecular flexibility index (Phi) is 4.18. The molecule has 0 aliphatic carbocycles. The minimum Gasteiger partial charge on any atom is -0.493 e. The van der Waals surface area contributed by atoms with Crippen LogP contribution in [0.4, 0.5) is 0 Å². The van der Waals surface area contributed by atoms with Crippen molar-refractivity contribution in [1.29, 1.82) is 0 Å². The van der Waals surface area contributed by atoms with Crippen molar-refractivity contribution in [3.05, 3.63) is 63.6 Å². The molecule has 0 aromatic heterocycles. The van der Waals surface area contributed by atoms with Crippen LogP contribution in [0.3, 0.4) is 0 Å². The Labute approximate surface area is 133 Å². The Balaban J connectivity index is 1.84. The van der Waals surface area contributed by atoms with Gasteiger partial charge in [-0.3, -0.25) is 4.79 Å². The van der Waals surface area contributed by atoms with Crippen molar-refractivity contribution >= 4 is 29.0 Å². The minimum absolute atomic E-state index is 0.0178. The summed E-state index contributed by atoms with van der Waals surface area (Å²) in [5.41, 5.74) is 1.59. The first-order valence-corrected chi connectivity index (χ1v) is 7.60. The maximum Gasteiger partial charge on any atom is 0.165 e. The molecule has 3 rings (SSSR count). The topological polar surface area (TPSA) is 26.3 Å². The van der Waals surface area contributed by atoms with Crippen LogP contribution in [0, 0.1) is 0 Å². The molecule has 0 bridgehead atoms. The zero-order valence-corrected chi connectivity index (χ0v) is 12.8. The number of Topliss-reactive ketones (excluding diaryl/α,β-unsaturated/α-hetero) is 1. The van der Waals surface area contributed by atoms with E-state index in [4.69, 9.17) is 27.9 Å². The first-order valence-electron chi connectivity index (χ1n) is 6.85. The van der Waals surface area contributed by atoms with Crippen molar-refractivity contribution < 1.29 is 9.53 Å². The van der Waals surface area contributed by atoms with Crippen molar-refractivity contribution in [1.82, 2.24) is 0 Å². The lowest BCUT2D eigenvalue weighted by Crippen LogP contribution is -2.17. The SMILES string of the molecule is O=C(CC1CCOc2ccccc21)c1cc(Cl)ccc1Cl. The molecule has 0 saturated carbocycles.